The first-order valence-corrected chi connectivity index (χ1v) is 9.06. The third kappa shape index (κ3) is 3.73. The number of ether oxygens (including phenoxy) is 1. The maximum Gasteiger partial charge on any atom is 0.259 e. The summed E-state index contributed by atoms with van der Waals surface area (Å²) in [5, 5.41) is 7.01. The number of imide groups is 1. The van der Waals surface area contributed by atoms with Crippen LogP contribution < -0.4 is 15.4 Å². The molecule has 2 aromatic carbocycles. The summed E-state index contributed by atoms with van der Waals surface area (Å²) in [7, 11) is 0. The summed E-state index contributed by atoms with van der Waals surface area (Å²) in [5.41, 5.74) is 1.24. The van der Waals surface area contributed by atoms with Crippen molar-refractivity contribution in [1.82, 2.24) is 5.32 Å². The van der Waals surface area contributed by atoms with Crippen LogP contribution in [0.25, 0.3) is 0 Å². The lowest BCUT2D eigenvalue weighted by molar-refractivity contribution is -0.115. The van der Waals surface area contributed by atoms with E-state index in [0.29, 0.717) is 29.2 Å². The Hall–Kier alpha value is -3.45. The van der Waals surface area contributed by atoms with Crippen LogP contribution in [0.2, 0.25) is 0 Å². The average molecular weight is 378 g/mol. The lowest BCUT2D eigenvalue weighted by Gasteiger charge is -2.09. The van der Waals surface area contributed by atoms with Crippen LogP contribution in [0.1, 0.15) is 25.6 Å². The van der Waals surface area contributed by atoms with E-state index >= 15 is 0 Å². The van der Waals surface area contributed by atoms with E-state index in [-0.39, 0.29) is 11.5 Å². The molecule has 0 radical (unpaired) electrons. The predicted octanol–water partition coefficient (Wildman–Crippen LogP) is 3.61. The highest BCUT2D eigenvalue weighted by molar-refractivity contribution is 7.10. The number of carbonyl (C=O) groups excluding carboxylic acids is 3. The van der Waals surface area contributed by atoms with Gasteiger partial charge in [0.25, 0.3) is 11.8 Å². The third-order valence-electron chi connectivity index (χ3n) is 3.98. The van der Waals surface area contributed by atoms with Crippen LogP contribution in [0.3, 0.4) is 0 Å². The van der Waals surface area contributed by atoms with Crippen molar-refractivity contribution in [2.45, 2.75) is 6.42 Å². The Morgan fingerprint density at radius 3 is 2.59 bits per heavy atom. The summed E-state index contributed by atoms with van der Waals surface area (Å²) in [5.74, 6) is -0.0105. The normalized spacial score (nSPS) is 12.4. The van der Waals surface area contributed by atoms with Gasteiger partial charge in [-0.3, -0.25) is 19.7 Å². The zero-order valence-corrected chi connectivity index (χ0v) is 14.8. The Kier molecular flexibility index (Phi) is 4.43. The Morgan fingerprint density at radius 1 is 0.963 bits per heavy atom. The van der Waals surface area contributed by atoms with Gasteiger partial charge in [-0.2, -0.15) is 0 Å². The molecule has 0 saturated carbocycles. The Balaban J connectivity index is 1.47. The van der Waals surface area contributed by atoms with Gasteiger partial charge in [0, 0.05) is 16.6 Å². The van der Waals surface area contributed by atoms with Crippen LogP contribution in [-0.4, -0.2) is 17.7 Å². The molecule has 27 heavy (non-hydrogen) atoms. The van der Waals surface area contributed by atoms with Gasteiger partial charge >= 0.3 is 0 Å². The molecule has 4 rings (SSSR count). The summed E-state index contributed by atoms with van der Waals surface area (Å²) >= 11 is 1.53. The topological polar surface area (TPSA) is 84.5 Å². The molecule has 6 nitrogen and oxygen atoms in total. The molecule has 0 atom stereocenters. The van der Waals surface area contributed by atoms with E-state index in [0.717, 1.165) is 4.88 Å². The minimum atomic E-state index is -0.435. The molecule has 0 aliphatic carbocycles. The largest absolute Gasteiger partial charge is 0.457 e. The van der Waals surface area contributed by atoms with Gasteiger partial charge in [0.15, 0.2) is 0 Å². The summed E-state index contributed by atoms with van der Waals surface area (Å²) in [6, 6.07) is 15.5. The molecule has 0 bridgehead atoms. The van der Waals surface area contributed by atoms with Crippen LogP contribution in [0, 0.1) is 0 Å². The Labute approximate surface area is 158 Å². The van der Waals surface area contributed by atoms with E-state index in [9.17, 15) is 14.4 Å². The zero-order chi connectivity index (χ0) is 18.8. The van der Waals surface area contributed by atoms with Gasteiger partial charge in [-0.25, -0.2) is 0 Å². The minimum absolute atomic E-state index is 0.109. The molecule has 1 aliphatic heterocycles. The van der Waals surface area contributed by atoms with Crippen molar-refractivity contribution >= 4 is 34.7 Å². The highest BCUT2D eigenvalue weighted by atomic mass is 32.1. The molecule has 134 valence electrons. The standard InChI is InChI=1S/C20H14N2O4S/c23-18(11-15-5-2-8-27-15)21-12-3-1-4-13(9-12)26-14-6-7-16-17(10-14)20(25)22-19(16)24/h1-10H,11H2,(H,21,23)(H,22,24,25). The monoisotopic (exact) mass is 378 g/mol. The summed E-state index contributed by atoms with van der Waals surface area (Å²) in [4.78, 5) is 36.5. The first-order valence-electron chi connectivity index (χ1n) is 8.18. The zero-order valence-electron chi connectivity index (χ0n) is 14.0. The third-order valence-corrected chi connectivity index (χ3v) is 4.85. The highest BCUT2D eigenvalue weighted by Gasteiger charge is 2.26. The van der Waals surface area contributed by atoms with Crippen molar-refractivity contribution in [3.63, 3.8) is 0 Å². The molecular formula is C20H14N2O4S. The van der Waals surface area contributed by atoms with Gasteiger partial charge in [-0.05, 0) is 41.8 Å². The number of nitrogens with one attached hydrogen (secondary N) is 2. The maximum atomic E-state index is 12.1. The molecule has 7 heteroatoms. The number of hydrogen-bond donors (Lipinski definition) is 2. The second-order valence-corrected chi connectivity index (χ2v) is 6.96. The van der Waals surface area contributed by atoms with Gasteiger partial charge in [-0.1, -0.05) is 12.1 Å². The molecule has 2 heterocycles. The van der Waals surface area contributed by atoms with Crippen LogP contribution in [0.15, 0.2) is 60.0 Å². The number of anilines is 1. The van der Waals surface area contributed by atoms with Crippen molar-refractivity contribution in [1.29, 1.82) is 0 Å². The number of fused-ring (bicyclic) bond motifs is 1. The molecule has 3 aromatic rings. The minimum Gasteiger partial charge on any atom is -0.457 e. The van der Waals surface area contributed by atoms with Crippen LogP contribution in [0.5, 0.6) is 11.5 Å². The van der Waals surface area contributed by atoms with E-state index in [4.69, 9.17) is 4.74 Å². The second-order valence-electron chi connectivity index (χ2n) is 5.92. The van der Waals surface area contributed by atoms with Crippen molar-refractivity contribution in [2.75, 3.05) is 5.32 Å². The summed E-state index contributed by atoms with van der Waals surface area (Å²) in [6.45, 7) is 0. The number of carbonyl (C=O) groups is 3. The first kappa shape index (κ1) is 17.0. The number of amides is 3. The molecule has 3 amide bonds. The fraction of sp³-hybridized carbons (Fsp3) is 0.0500. The van der Waals surface area contributed by atoms with Crippen molar-refractivity contribution in [2.24, 2.45) is 0 Å². The number of hydrogen-bond acceptors (Lipinski definition) is 5. The van der Waals surface area contributed by atoms with Crippen molar-refractivity contribution < 1.29 is 19.1 Å². The Bertz CT molecular complexity index is 1040. The van der Waals surface area contributed by atoms with E-state index in [1.54, 1.807) is 36.4 Å². The second kappa shape index (κ2) is 7.05. The highest BCUT2D eigenvalue weighted by Crippen LogP contribution is 2.28. The van der Waals surface area contributed by atoms with Gasteiger partial charge in [0.1, 0.15) is 11.5 Å². The van der Waals surface area contributed by atoms with Gasteiger partial charge in [0.05, 0.1) is 17.5 Å². The molecule has 0 fully saturated rings. The summed E-state index contributed by atoms with van der Waals surface area (Å²) in [6.07, 6.45) is 0.316. The lowest BCUT2D eigenvalue weighted by atomic mass is 10.1. The predicted molar refractivity (Wildman–Crippen MR) is 101 cm³/mol. The molecule has 2 N–H and O–H groups in total. The van der Waals surface area contributed by atoms with E-state index in [2.05, 4.69) is 10.6 Å². The molecular weight excluding hydrogens is 364 g/mol. The number of benzene rings is 2. The van der Waals surface area contributed by atoms with Crippen molar-refractivity contribution in [3.05, 3.63) is 76.0 Å². The van der Waals surface area contributed by atoms with Crippen molar-refractivity contribution in [3.8, 4) is 11.5 Å². The number of thiophene rings is 1. The fourth-order valence-corrected chi connectivity index (χ4v) is 3.46. The van der Waals surface area contributed by atoms with Crippen LogP contribution >= 0.6 is 11.3 Å². The van der Waals surface area contributed by atoms with E-state index in [1.165, 1.54) is 17.4 Å². The van der Waals surface area contributed by atoms with E-state index in [1.807, 2.05) is 17.5 Å². The smallest absolute Gasteiger partial charge is 0.259 e. The quantitative estimate of drug-likeness (QED) is 0.665. The van der Waals surface area contributed by atoms with Gasteiger partial charge in [-0.15, -0.1) is 11.3 Å². The van der Waals surface area contributed by atoms with E-state index < -0.39 is 11.8 Å². The molecule has 0 saturated heterocycles. The van der Waals surface area contributed by atoms with Crippen LogP contribution in [0.4, 0.5) is 5.69 Å². The molecule has 1 aliphatic rings. The van der Waals surface area contributed by atoms with Crippen LogP contribution in [-0.2, 0) is 11.2 Å². The maximum absolute atomic E-state index is 12.1. The molecule has 1 aromatic heterocycles. The number of rotatable bonds is 5. The lowest BCUT2D eigenvalue weighted by Crippen LogP contribution is -2.19. The Morgan fingerprint density at radius 2 is 1.78 bits per heavy atom. The first-order chi connectivity index (χ1) is 13.1. The molecule has 0 unspecified atom stereocenters. The fourth-order valence-electron chi connectivity index (χ4n) is 2.76. The average Bonchev–Trinajstić information content (AvgIpc) is 3.23. The van der Waals surface area contributed by atoms with Gasteiger partial charge in [0.2, 0.25) is 5.91 Å². The van der Waals surface area contributed by atoms with Gasteiger partial charge < -0.3 is 10.1 Å². The summed E-state index contributed by atoms with van der Waals surface area (Å²) < 4.78 is 5.77. The molecule has 0 spiro atoms. The SMILES string of the molecule is O=C(Cc1cccs1)Nc1cccc(Oc2ccc3c(c2)C(=O)NC3=O)c1.